The quantitative estimate of drug-likeness (QED) is 0.598. The minimum atomic E-state index is 0.179. The maximum atomic E-state index is 11.2. The molecule has 1 unspecified atom stereocenters. The molecule has 0 aromatic heterocycles. The summed E-state index contributed by atoms with van der Waals surface area (Å²) in [5, 5.41) is 2.69. The fourth-order valence-electron chi connectivity index (χ4n) is 1.61. The third-order valence-electron chi connectivity index (χ3n) is 2.68. The standard InChI is InChI=1S/C12H25NO/c1-4-5-6-7-8-9-10-11(2)12(14)13-3/h11H,4-10H2,1-3H3,(H,13,14). The number of hydrogen-bond acceptors (Lipinski definition) is 1. The van der Waals surface area contributed by atoms with Crippen molar-refractivity contribution in [2.75, 3.05) is 7.05 Å². The van der Waals surface area contributed by atoms with Crippen molar-refractivity contribution < 1.29 is 4.79 Å². The summed E-state index contributed by atoms with van der Waals surface area (Å²) >= 11 is 0. The molecule has 0 aromatic carbocycles. The van der Waals surface area contributed by atoms with E-state index in [1.165, 1.54) is 38.5 Å². The average Bonchev–Trinajstić information content (AvgIpc) is 2.21. The number of rotatable bonds is 8. The molecule has 0 radical (unpaired) electrons. The first-order valence-corrected chi connectivity index (χ1v) is 5.94. The van der Waals surface area contributed by atoms with Crippen LogP contribution in [0, 0.1) is 5.92 Å². The third kappa shape index (κ3) is 6.93. The van der Waals surface area contributed by atoms with Crippen molar-refractivity contribution in [1.82, 2.24) is 5.32 Å². The van der Waals surface area contributed by atoms with Crippen molar-refractivity contribution >= 4 is 5.91 Å². The molecule has 14 heavy (non-hydrogen) atoms. The van der Waals surface area contributed by atoms with E-state index in [0.717, 1.165) is 6.42 Å². The molecule has 1 atom stereocenters. The van der Waals surface area contributed by atoms with E-state index in [-0.39, 0.29) is 11.8 Å². The van der Waals surface area contributed by atoms with Gasteiger partial charge in [-0.05, 0) is 6.42 Å². The molecule has 2 nitrogen and oxygen atoms in total. The summed E-state index contributed by atoms with van der Waals surface area (Å²) in [5.74, 6) is 0.365. The fourth-order valence-corrected chi connectivity index (χ4v) is 1.61. The Kier molecular flexibility index (Phi) is 8.70. The van der Waals surface area contributed by atoms with E-state index < -0.39 is 0 Å². The van der Waals surface area contributed by atoms with Crippen molar-refractivity contribution in [3.8, 4) is 0 Å². The zero-order valence-electron chi connectivity index (χ0n) is 9.94. The normalized spacial score (nSPS) is 12.5. The van der Waals surface area contributed by atoms with Crippen molar-refractivity contribution in [3.05, 3.63) is 0 Å². The zero-order chi connectivity index (χ0) is 10.8. The van der Waals surface area contributed by atoms with Crippen LogP contribution in [-0.4, -0.2) is 13.0 Å². The van der Waals surface area contributed by atoms with E-state index in [1.54, 1.807) is 7.05 Å². The fraction of sp³-hybridized carbons (Fsp3) is 0.917. The first-order valence-electron chi connectivity index (χ1n) is 5.94. The van der Waals surface area contributed by atoms with E-state index in [2.05, 4.69) is 12.2 Å². The minimum Gasteiger partial charge on any atom is -0.359 e. The van der Waals surface area contributed by atoms with Gasteiger partial charge in [0, 0.05) is 13.0 Å². The highest BCUT2D eigenvalue weighted by molar-refractivity contribution is 5.77. The molecule has 0 fully saturated rings. The molecule has 0 rings (SSSR count). The molecule has 0 aromatic rings. The van der Waals surface area contributed by atoms with Crippen LogP contribution in [0.2, 0.25) is 0 Å². The maximum Gasteiger partial charge on any atom is 0.222 e. The number of unbranched alkanes of at least 4 members (excludes halogenated alkanes) is 5. The molecule has 0 aliphatic heterocycles. The van der Waals surface area contributed by atoms with Crippen LogP contribution in [0.4, 0.5) is 0 Å². The summed E-state index contributed by atoms with van der Waals surface area (Å²) in [4.78, 5) is 11.2. The first kappa shape index (κ1) is 13.5. The van der Waals surface area contributed by atoms with Gasteiger partial charge in [0.1, 0.15) is 0 Å². The van der Waals surface area contributed by atoms with Crippen LogP contribution in [0.1, 0.15) is 58.8 Å². The van der Waals surface area contributed by atoms with Crippen LogP contribution in [-0.2, 0) is 4.79 Å². The second-order valence-electron chi connectivity index (χ2n) is 4.07. The second kappa shape index (κ2) is 9.04. The summed E-state index contributed by atoms with van der Waals surface area (Å²) in [5.41, 5.74) is 0. The van der Waals surface area contributed by atoms with Gasteiger partial charge in [0.2, 0.25) is 5.91 Å². The summed E-state index contributed by atoms with van der Waals surface area (Å²) in [6.45, 7) is 4.23. The van der Waals surface area contributed by atoms with Crippen molar-refractivity contribution in [2.45, 2.75) is 58.8 Å². The molecule has 0 heterocycles. The Morgan fingerprint density at radius 3 is 2.29 bits per heavy atom. The Hall–Kier alpha value is -0.530. The zero-order valence-corrected chi connectivity index (χ0v) is 9.94. The van der Waals surface area contributed by atoms with Crippen LogP contribution in [0.15, 0.2) is 0 Å². The highest BCUT2D eigenvalue weighted by Gasteiger charge is 2.09. The Morgan fingerprint density at radius 2 is 1.71 bits per heavy atom. The van der Waals surface area contributed by atoms with Crippen LogP contribution >= 0.6 is 0 Å². The van der Waals surface area contributed by atoms with Crippen molar-refractivity contribution in [1.29, 1.82) is 0 Å². The van der Waals surface area contributed by atoms with Gasteiger partial charge in [-0.15, -0.1) is 0 Å². The van der Waals surface area contributed by atoms with E-state index in [4.69, 9.17) is 0 Å². The van der Waals surface area contributed by atoms with Crippen LogP contribution in [0.5, 0.6) is 0 Å². The molecule has 1 amide bonds. The van der Waals surface area contributed by atoms with Crippen LogP contribution < -0.4 is 5.32 Å². The van der Waals surface area contributed by atoms with E-state index >= 15 is 0 Å². The summed E-state index contributed by atoms with van der Waals surface area (Å²) in [6, 6.07) is 0. The predicted molar refractivity (Wildman–Crippen MR) is 61.2 cm³/mol. The Morgan fingerprint density at radius 1 is 1.14 bits per heavy atom. The second-order valence-corrected chi connectivity index (χ2v) is 4.07. The lowest BCUT2D eigenvalue weighted by Gasteiger charge is -2.08. The first-order chi connectivity index (χ1) is 6.72. The molecule has 84 valence electrons. The lowest BCUT2D eigenvalue weighted by Crippen LogP contribution is -2.25. The smallest absolute Gasteiger partial charge is 0.222 e. The number of amides is 1. The number of hydrogen-bond donors (Lipinski definition) is 1. The molecule has 1 N–H and O–H groups in total. The monoisotopic (exact) mass is 199 g/mol. The molecule has 0 aliphatic carbocycles. The van der Waals surface area contributed by atoms with E-state index in [1.807, 2.05) is 6.92 Å². The number of carbonyl (C=O) groups is 1. The molecule has 0 saturated heterocycles. The lowest BCUT2D eigenvalue weighted by atomic mass is 10.0. The van der Waals surface area contributed by atoms with Crippen LogP contribution in [0.3, 0.4) is 0 Å². The molecule has 0 bridgehead atoms. The van der Waals surface area contributed by atoms with Gasteiger partial charge in [-0.25, -0.2) is 0 Å². The Labute approximate surface area is 88.5 Å². The number of carbonyl (C=O) groups excluding carboxylic acids is 1. The van der Waals surface area contributed by atoms with Gasteiger partial charge in [-0.1, -0.05) is 52.4 Å². The molecule has 0 spiro atoms. The highest BCUT2D eigenvalue weighted by Crippen LogP contribution is 2.11. The van der Waals surface area contributed by atoms with Crippen molar-refractivity contribution in [2.24, 2.45) is 5.92 Å². The Balaban J connectivity index is 3.23. The number of nitrogens with one attached hydrogen (secondary N) is 1. The van der Waals surface area contributed by atoms with Gasteiger partial charge in [0.15, 0.2) is 0 Å². The van der Waals surface area contributed by atoms with E-state index in [0.29, 0.717) is 0 Å². The van der Waals surface area contributed by atoms with Gasteiger partial charge in [0.25, 0.3) is 0 Å². The SMILES string of the molecule is CCCCCCCCC(C)C(=O)NC. The van der Waals surface area contributed by atoms with Crippen LogP contribution in [0.25, 0.3) is 0 Å². The molecule has 0 saturated carbocycles. The molecule has 2 heteroatoms. The third-order valence-corrected chi connectivity index (χ3v) is 2.68. The predicted octanol–water partition coefficient (Wildman–Crippen LogP) is 3.12. The Bertz CT molecular complexity index is 145. The minimum absolute atomic E-state index is 0.179. The molecular weight excluding hydrogens is 174 g/mol. The van der Waals surface area contributed by atoms with Gasteiger partial charge >= 0.3 is 0 Å². The summed E-state index contributed by atoms with van der Waals surface area (Å²) in [6.07, 6.45) is 8.84. The van der Waals surface area contributed by atoms with E-state index in [9.17, 15) is 4.79 Å². The maximum absolute atomic E-state index is 11.2. The topological polar surface area (TPSA) is 29.1 Å². The molecular formula is C12H25NO. The van der Waals surface area contributed by atoms with Crippen molar-refractivity contribution in [3.63, 3.8) is 0 Å². The summed E-state index contributed by atoms with van der Waals surface area (Å²) in [7, 11) is 1.71. The summed E-state index contributed by atoms with van der Waals surface area (Å²) < 4.78 is 0. The van der Waals surface area contributed by atoms with Gasteiger partial charge in [-0.3, -0.25) is 4.79 Å². The highest BCUT2D eigenvalue weighted by atomic mass is 16.1. The average molecular weight is 199 g/mol. The largest absolute Gasteiger partial charge is 0.359 e. The van der Waals surface area contributed by atoms with Gasteiger partial charge in [-0.2, -0.15) is 0 Å². The lowest BCUT2D eigenvalue weighted by molar-refractivity contribution is -0.124. The van der Waals surface area contributed by atoms with Gasteiger partial charge in [0.05, 0.1) is 0 Å². The molecule has 0 aliphatic rings. The van der Waals surface area contributed by atoms with Gasteiger partial charge < -0.3 is 5.32 Å².